The number of benzene rings is 2. The first-order valence-corrected chi connectivity index (χ1v) is 6.11. The van der Waals surface area contributed by atoms with Crippen molar-refractivity contribution in [3.05, 3.63) is 47.1 Å². The molecule has 1 heterocycles. The number of hydrogen-bond acceptors (Lipinski definition) is 3. The van der Waals surface area contributed by atoms with Gasteiger partial charge in [-0.3, -0.25) is 0 Å². The van der Waals surface area contributed by atoms with Crippen LogP contribution in [0, 0.1) is 6.92 Å². The molecule has 0 amide bonds. The second-order valence-corrected chi connectivity index (χ2v) is 4.74. The maximum atomic E-state index is 9.62. The van der Waals surface area contributed by atoms with E-state index in [-0.39, 0.29) is 11.5 Å². The summed E-state index contributed by atoms with van der Waals surface area (Å²) in [6, 6.07) is 9.83. The Bertz CT molecular complexity index is 763. The van der Waals surface area contributed by atoms with Crippen molar-refractivity contribution >= 4 is 22.5 Å². The highest BCUT2D eigenvalue weighted by atomic mass is 35.5. The number of halogens is 1. The van der Waals surface area contributed by atoms with Gasteiger partial charge in [-0.15, -0.1) is 0 Å². The summed E-state index contributed by atoms with van der Waals surface area (Å²) in [5.74, 6) is 0.350. The van der Waals surface area contributed by atoms with Gasteiger partial charge in [-0.1, -0.05) is 11.6 Å². The van der Waals surface area contributed by atoms with E-state index in [1.807, 2.05) is 6.92 Å². The van der Waals surface area contributed by atoms with Gasteiger partial charge in [0.1, 0.15) is 16.7 Å². The van der Waals surface area contributed by atoms with Crippen molar-refractivity contribution in [1.29, 1.82) is 0 Å². The lowest BCUT2D eigenvalue weighted by Gasteiger charge is -2.02. The zero-order valence-corrected chi connectivity index (χ0v) is 10.9. The van der Waals surface area contributed by atoms with Crippen LogP contribution in [0.4, 0.5) is 0 Å². The van der Waals surface area contributed by atoms with Crippen LogP contribution in [-0.4, -0.2) is 20.0 Å². The molecule has 0 atom stereocenters. The van der Waals surface area contributed by atoms with Gasteiger partial charge in [0.15, 0.2) is 0 Å². The topological polar surface area (TPSA) is 58.3 Å². The van der Waals surface area contributed by atoms with Crippen LogP contribution in [0.25, 0.3) is 16.6 Å². The van der Waals surface area contributed by atoms with Crippen molar-refractivity contribution < 1.29 is 10.2 Å². The molecule has 2 aromatic carbocycles. The highest BCUT2D eigenvalue weighted by Gasteiger charge is 2.13. The average Bonchev–Trinajstić information content (AvgIpc) is 2.69. The number of aromatic hydroxyl groups is 2. The minimum absolute atomic E-state index is 0.164. The number of hydrogen-bond donors (Lipinski definition) is 2. The van der Waals surface area contributed by atoms with Gasteiger partial charge in [0.25, 0.3) is 0 Å². The first-order chi connectivity index (χ1) is 9.06. The van der Waals surface area contributed by atoms with Gasteiger partial charge >= 0.3 is 0 Å². The minimum Gasteiger partial charge on any atom is -0.508 e. The van der Waals surface area contributed by atoms with E-state index in [4.69, 9.17) is 11.6 Å². The van der Waals surface area contributed by atoms with E-state index in [0.717, 1.165) is 16.8 Å². The van der Waals surface area contributed by atoms with Crippen molar-refractivity contribution in [2.45, 2.75) is 6.92 Å². The maximum Gasteiger partial charge on any atom is 0.140 e. The van der Waals surface area contributed by atoms with E-state index in [2.05, 4.69) is 5.10 Å². The summed E-state index contributed by atoms with van der Waals surface area (Å²) in [4.78, 5) is 0. The number of aryl methyl sites for hydroxylation is 1. The van der Waals surface area contributed by atoms with Gasteiger partial charge in [-0.2, -0.15) is 5.10 Å². The van der Waals surface area contributed by atoms with Gasteiger partial charge in [-0.25, -0.2) is 4.68 Å². The highest BCUT2D eigenvalue weighted by molar-refractivity contribution is 6.34. The summed E-state index contributed by atoms with van der Waals surface area (Å²) in [6.07, 6.45) is 0. The highest BCUT2D eigenvalue weighted by Crippen LogP contribution is 2.31. The molecule has 2 N–H and O–H groups in total. The first kappa shape index (κ1) is 11.9. The molecule has 0 radical (unpaired) electrons. The predicted molar refractivity (Wildman–Crippen MR) is 74.1 cm³/mol. The molecule has 96 valence electrons. The standard InChI is InChI=1S/C14H11ClN2O2/c1-8-6-11(19)7-12-13(8)16-17(14(12)15)9-2-4-10(18)5-3-9/h2-7,18-19H,1H3. The van der Waals surface area contributed by atoms with E-state index in [9.17, 15) is 10.2 Å². The molecule has 0 bridgehead atoms. The molecule has 0 spiro atoms. The monoisotopic (exact) mass is 274 g/mol. The molecular weight excluding hydrogens is 264 g/mol. The Hall–Kier alpha value is -2.20. The summed E-state index contributed by atoms with van der Waals surface area (Å²) in [5.41, 5.74) is 2.35. The Balaban J connectivity index is 2.28. The first-order valence-electron chi connectivity index (χ1n) is 5.73. The van der Waals surface area contributed by atoms with E-state index >= 15 is 0 Å². The summed E-state index contributed by atoms with van der Waals surface area (Å²) in [5, 5.41) is 24.5. The van der Waals surface area contributed by atoms with Gasteiger partial charge in [-0.05, 0) is 48.9 Å². The lowest BCUT2D eigenvalue weighted by molar-refractivity contribution is 0.475. The molecule has 3 rings (SSSR count). The quantitative estimate of drug-likeness (QED) is 0.715. The molecule has 0 fully saturated rings. The molecule has 1 aromatic heterocycles. The van der Waals surface area contributed by atoms with Gasteiger partial charge in [0, 0.05) is 5.39 Å². The van der Waals surface area contributed by atoms with E-state index in [1.165, 1.54) is 0 Å². The third-order valence-electron chi connectivity index (χ3n) is 2.99. The molecule has 5 heteroatoms. The molecule has 0 aliphatic rings. The third-order valence-corrected chi connectivity index (χ3v) is 3.35. The van der Waals surface area contributed by atoms with Crippen molar-refractivity contribution in [2.24, 2.45) is 0 Å². The molecule has 0 aliphatic heterocycles. The summed E-state index contributed by atoms with van der Waals surface area (Å²) < 4.78 is 1.58. The van der Waals surface area contributed by atoms with Crippen LogP contribution in [0.2, 0.25) is 5.15 Å². The van der Waals surface area contributed by atoms with Crippen LogP contribution in [0.3, 0.4) is 0 Å². The fourth-order valence-electron chi connectivity index (χ4n) is 2.07. The average molecular weight is 275 g/mol. The molecule has 0 unspecified atom stereocenters. The molecule has 4 nitrogen and oxygen atoms in total. The number of aromatic nitrogens is 2. The predicted octanol–water partition coefficient (Wildman–Crippen LogP) is 3.40. The fraction of sp³-hybridized carbons (Fsp3) is 0.0714. The van der Waals surface area contributed by atoms with Crippen LogP contribution >= 0.6 is 11.6 Å². The number of nitrogens with zero attached hydrogens (tertiary/aromatic N) is 2. The second-order valence-electron chi connectivity index (χ2n) is 4.38. The van der Waals surface area contributed by atoms with Crippen molar-refractivity contribution in [3.8, 4) is 17.2 Å². The van der Waals surface area contributed by atoms with Crippen molar-refractivity contribution in [1.82, 2.24) is 9.78 Å². The largest absolute Gasteiger partial charge is 0.508 e. The van der Waals surface area contributed by atoms with E-state index in [1.54, 1.807) is 41.1 Å². The molecular formula is C14H11ClN2O2. The van der Waals surface area contributed by atoms with Crippen molar-refractivity contribution in [2.75, 3.05) is 0 Å². The molecule has 19 heavy (non-hydrogen) atoms. The SMILES string of the molecule is Cc1cc(O)cc2c(Cl)n(-c3ccc(O)cc3)nc12. The van der Waals surface area contributed by atoms with Gasteiger partial charge in [0.05, 0.1) is 11.2 Å². The van der Waals surface area contributed by atoms with Crippen LogP contribution in [0.15, 0.2) is 36.4 Å². The van der Waals surface area contributed by atoms with E-state index < -0.39 is 0 Å². The summed E-state index contributed by atoms with van der Waals surface area (Å²) in [6.45, 7) is 1.87. The Labute approximate surface area is 114 Å². The Morgan fingerprint density at radius 2 is 1.74 bits per heavy atom. The Morgan fingerprint density at radius 1 is 1.05 bits per heavy atom. The van der Waals surface area contributed by atoms with Crippen LogP contribution in [0.5, 0.6) is 11.5 Å². The van der Waals surface area contributed by atoms with Gasteiger partial charge < -0.3 is 10.2 Å². The summed E-state index contributed by atoms with van der Waals surface area (Å²) >= 11 is 6.30. The molecule has 3 aromatic rings. The molecule has 0 aliphatic carbocycles. The summed E-state index contributed by atoms with van der Waals surface area (Å²) in [7, 11) is 0. The number of phenols is 2. The normalized spacial score (nSPS) is 11.1. The number of phenolic OH excluding ortho intramolecular Hbond substituents is 2. The minimum atomic E-state index is 0.164. The van der Waals surface area contributed by atoms with Crippen molar-refractivity contribution in [3.63, 3.8) is 0 Å². The third kappa shape index (κ3) is 1.90. The van der Waals surface area contributed by atoms with Gasteiger partial charge in [0.2, 0.25) is 0 Å². The maximum absolute atomic E-state index is 9.62. The van der Waals surface area contributed by atoms with Crippen LogP contribution in [0.1, 0.15) is 5.56 Å². The fourth-order valence-corrected chi connectivity index (χ4v) is 2.35. The number of fused-ring (bicyclic) bond motifs is 1. The molecule has 0 saturated heterocycles. The lowest BCUT2D eigenvalue weighted by atomic mass is 10.1. The molecule has 0 saturated carbocycles. The zero-order chi connectivity index (χ0) is 13.6. The Kier molecular flexibility index (Phi) is 2.61. The lowest BCUT2D eigenvalue weighted by Crippen LogP contribution is -1.95. The van der Waals surface area contributed by atoms with Crippen LogP contribution in [-0.2, 0) is 0 Å². The smallest absolute Gasteiger partial charge is 0.140 e. The Morgan fingerprint density at radius 3 is 2.42 bits per heavy atom. The van der Waals surface area contributed by atoms with E-state index in [0.29, 0.717) is 10.5 Å². The number of rotatable bonds is 1. The second kappa shape index (κ2) is 4.17. The zero-order valence-electron chi connectivity index (χ0n) is 10.1. The van der Waals surface area contributed by atoms with Crippen LogP contribution < -0.4 is 0 Å².